The van der Waals surface area contributed by atoms with Gasteiger partial charge < -0.3 is 26.6 Å². The van der Waals surface area contributed by atoms with Crippen molar-refractivity contribution in [1.82, 2.24) is 0 Å². The van der Waals surface area contributed by atoms with Crippen LogP contribution in [0, 0.1) is 0 Å². The summed E-state index contributed by atoms with van der Waals surface area (Å²) in [6.07, 6.45) is -3.54. The van der Waals surface area contributed by atoms with Crippen molar-refractivity contribution in [2.24, 2.45) is 0 Å². The molecule has 4 atom stereocenters. The van der Waals surface area contributed by atoms with Crippen molar-refractivity contribution in [3.8, 4) is 0 Å². The second-order valence-corrected chi connectivity index (χ2v) is 5.37. The fourth-order valence-corrected chi connectivity index (χ4v) is 2.70. The molecule has 1 aromatic carbocycles. The van der Waals surface area contributed by atoms with Gasteiger partial charge in [-0.25, -0.2) is 4.79 Å². The molecule has 1 saturated heterocycles. The number of aromatic carboxylic acids is 1. The van der Waals surface area contributed by atoms with Crippen molar-refractivity contribution < 1.29 is 60.9 Å². The molecular weight excluding hydrogens is 295 g/mol. The number of carboxylic acids is 1. The molecule has 0 bridgehead atoms. The Morgan fingerprint density at radius 2 is 1.80 bits per heavy atom. The van der Waals surface area contributed by atoms with E-state index in [0.717, 1.165) is 11.8 Å². The molecule has 6 nitrogen and oxygen atoms in total. The Kier molecular flexibility index (Phi) is 6.96. The van der Waals surface area contributed by atoms with Gasteiger partial charge in [-0.15, -0.1) is 0 Å². The molecule has 1 fully saturated rings. The molecule has 4 N–H and O–H groups in total. The third kappa shape index (κ3) is 4.19. The van der Waals surface area contributed by atoms with Crippen LogP contribution >= 0.6 is 11.8 Å². The van der Waals surface area contributed by atoms with E-state index in [-0.39, 0.29) is 43.2 Å². The van der Waals surface area contributed by atoms with E-state index >= 15 is 0 Å². The minimum atomic E-state index is -1.25. The second-order valence-electron chi connectivity index (χ2n) is 4.20. The molecule has 8 heteroatoms. The maximum atomic E-state index is 10.7. The number of aliphatic hydroxyl groups excluding tert-OH is 3. The van der Waals surface area contributed by atoms with Crippen LogP contribution in [0.1, 0.15) is 11.8 Å². The maximum Gasteiger partial charge on any atom is 1.00 e. The molecule has 0 amide bonds. The molecule has 1 aromatic rings. The first-order valence-corrected chi connectivity index (χ1v) is 6.53. The van der Waals surface area contributed by atoms with Crippen LogP contribution in [0.25, 0.3) is 0 Å². The van der Waals surface area contributed by atoms with Crippen molar-refractivity contribution in [1.29, 1.82) is 0 Å². The molecule has 0 spiro atoms. The van der Waals surface area contributed by atoms with Gasteiger partial charge in [-0.2, -0.15) is 0 Å². The topological polar surface area (TPSA) is 107 Å². The molecule has 0 saturated carbocycles. The standard InChI is InChI=1S/C12H14O6S.Na.H/c13-8-5-18-12(10(15)9(8)14)19-7-3-1-6(2-4-7)11(16)17;;/h1-4,8-10,12-15H,5H2,(H,16,17);;/q;+1;-1/t8-,9+,10-,12+;;/m1../s1. The Labute approximate surface area is 143 Å². The summed E-state index contributed by atoms with van der Waals surface area (Å²) in [6, 6.07) is 6.10. The summed E-state index contributed by atoms with van der Waals surface area (Å²) in [6.45, 7) is -0.0525. The molecule has 1 aliphatic heterocycles. The predicted octanol–water partition coefficient (Wildman–Crippen LogP) is -2.97. The molecule has 0 aromatic heterocycles. The first kappa shape index (κ1) is 17.9. The fraction of sp³-hybridized carbons (Fsp3) is 0.417. The van der Waals surface area contributed by atoms with Gasteiger partial charge in [-0.1, -0.05) is 11.8 Å². The van der Waals surface area contributed by atoms with E-state index in [1.165, 1.54) is 12.1 Å². The number of carbonyl (C=O) groups is 1. The SMILES string of the molecule is O=C(O)c1ccc(S[C@@H]2OC[C@@H](O)[C@H](O)[C@H]2O)cc1.[H-].[Na+]. The molecule has 106 valence electrons. The maximum absolute atomic E-state index is 10.7. The van der Waals surface area contributed by atoms with Crippen LogP contribution in [-0.2, 0) is 4.74 Å². The summed E-state index contributed by atoms with van der Waals surface area (Å²) < 4.78 is 5.24. The summed E-state index contributed by atoms with van der Waals surface area (Å²) >= 11 is 1.16. The van der Waals surface area contributed by atoms with Crippen LogP contribution in [0.15, 0.2) is 29.2 Å². The quantitative estimate of drug-likeness (QED) is 0.442. The van der Waals surface area contributed by atoms with E-state index < -0.39 is 29.7 Å². The monoisotopic (exact) mass is 310 g/mol. The Balaban J connectivity index is 0.00000200. The van der Waals surface area contributed by atoms with E-state index in [0.29, 0.717) is 4.90 Å². The second kappa shape index (κ2) is 7.77. The van der Waals surface area contributed by atoms with Gasteiger partial charge in [0.1, 0.15) is 23.7 Å². The van der Waals surface area contributed by atoms with Crippen LogP contribution < -0.4 is 29.6 Å². The van der Waals surface area contributed by atoms with Gasteiger partial charge in [0.25, 0.3) is 0 Å². The number of hydrogen-bond donors (Lipinski definition) is 4. The Bertz CT molecular complexity index is 460. The third-order valence-electron chi connectivity index (χ3n) is 2.81. The van der Waals surface area contributed by atoms with Crippen LogP contribution in [0.3, 0.4) is 0 Å². The number of rotatable bonds is 3. The normalized spacial score (nSPS) is 29.6. The van der Waals surface area contributed by atoms with E-state index in [9.17, 15) is 20.1 Å². The molecule has 20 heavy (non-hydrogen) atoms. The summed E-state index contributed by atoms with van der Waals surface area (Å²) in [4.78, 5) is 11.4. The van der Waals surface area contributed by atoms with Gasteiger partial charge in [-0.05, 0) is 24.3 Å². The molecule has 0 aliphatic carbocycles. The van der Waals surface area contributed by atoms with E-state index in [4.69, 9.17) is 9.84 Å². The van der Waals surface area contributed by atoms with Gasteiger partial charge in [0, 0.05) is 4.90 Å². The van der Waals surface area contributed by atoms with Gasteiger partial charge in [0.15, 0.2) is 0 Å². The van der Waals surface area contributed by atoms with E-state index in [1.54, 1.807) is 12.1 Å². The van der Waals surface area contributed by atoms with E-state index in [2.05, 4.69) is 0 Å². The van der Waals surface area contributed by atoms with Crippen molar-refractivity contribution in [3.63, 3.8) is 0 Å². The Morgan fingerprint density at radius 1 is 1.20 bits per heavy atom. The van der Waals surface area contributed by atoms with Gasteiger partial charge in [0.05, 0.1) is 12.2 Å². The Hall–Kier alpha value is -0.120. The predicted molar refractivity (Wildman–Crippen MR) is 68.1 cm³/mol. The van der Waals surface area contributed by atoms with Crippen molar-refractivity contribution in [2.45, 2.75) is 28.6 Å². The summed E-state index contributed by atoms with van der Waals surface area (Å²) in [7, 11) is 0. The number of carboxylic acid groups (broad SMARTS) is 1. The minimum absolute atomic E-state index is 0. The molecule has 2 rings (SSSR count). The molecular formula is C12H15NaO6S. The van der Waals surface area contributed by atoms with Crippen molar-refractivity contribution in [2.75, 3.05) is 6.61 Å². The van der Waals surface area contributed by atoms with Gasteiger partial charge >= 0.3 is 35.5 Å². The average Bonchev–Trinajstić information content (AvgIpc) is 2.40. The molecule has 1 heterocycles. The van der Waals surface area contributed by atoms with Gasteiger partial charge in [-0.3, -0.25) is 0 Å². The molecule has 0 radical (unpaired) electrons. The first-order valence-electron chi connectivity index (χ1n) is 5.65. The third-order valence-corrected chi connectivity index (χ3v) is 4.00. The Morgan fingerprint density at radius 3 is 2.35 bits per heavy atom. The zero-order chi connectivity index (χ0) is 14.0. The zero-order valence-corrected chi connectivity index (χ0v) is 13.7. The van der Waals surface area contributed by atoms with Crippen molar-refractivity contribution in [3.05, 3.63) is 29.8 Å². The number of ether oxygens (including phenoxy) is 1. The smallest absolute Gasteiger partial charge is 1.00 e. The van der Waals surface area contributed by atoms with Crippen LogP contribution in [0.4, 0.5) is 0 Å². The van der Waals surface area contributed by atoms with Crippen LogP contribution in [0.5, 0.6) is 0 Å². The fourth-order valence-electron chi connectivity index (χ4n) is 1.69. The number of hydrogen-bond acceptors (Lipinski definition) is 6. The summed E-state index contributed by atoms with van der Waals surface area (Å²) in [5, 5.41) is 37.4. The number of thioether (sulfide) groups is 1. The first-order chi connectivity index (χ1) is 8.99. The largest absolute Gasteiger partial charge is 1.00 e. The zero-order valence-electron chi connectivity index (χ0n) is 11.8. The number of aliphatic hydroxyl groups is 3. The minimum Gasteiger partial charge on any atom is -1.00 e. The molecule has 0 unspecified atom stereocenters. The van der Waals surface area contributed by atoms with Crippen LogP contribution in [0.2, 0.25) is 0 Å². The average molecular weight is 310 g/mol. The van der Waals surface area contributed by atoms with Crippen LogP contribution in [-0.4, -0.2) is 56.8 Å². The van der Waals surface area contributed by atoms with Crippen molar-refractivity contribution >= 4 is 17.7 Å². The molecule has 1 aliphatic rings. The summed E-state index contributed by atoms with van der Waals surface area (Å²) in [5.41, 5.74) is -0.529. The van der Waals surface area contributed by atoms with E-state index in [1.807, 2.05) is 0 Å². The van der Waals surface area contributed by atoms with Gasteiger partial charge in [0.2, 0.25) is 0 Å². The number of benzene rings is 1. The summed E-state index contributed by atoms with van der Waals surface area (Å²) in [5.74, 6) is -1.01.